The number of rotatable bonds is 34. The van der Waals surface area contributed by atoms with E-state index in [1.807, 2.05) is 6.07 Å². The molecule has 1 atom stereocenters. The third-order valence-corrected chi connectivity index (χ3v) is 16.7. The molecule has 0 bridgehead atoms. The predicted molar refractivity (Wildman–Crippen MR) is 388 cm³/mol. The Kier molecular flexibility index (Phi) is 27.4. The average molecular weight is 1520 g/mol. The minimum Gasteiger partial charge on any atom is -0.480 e. The number of alkyl carbamates (subject to hydrolysis) is 1. The van der Waals surface area contributed by atoms with Crippen molar-refractivity contribution in [2.24, 2.45) is 0 Å². The van der Waals surface area contributed by atoms with Gasteiger partial charge in [0.2, 0.25) is 35.5 Å². The number of aromatic amines is 1. The molecule has 1 aliphatic carbocycles. The van der Waals surface area contributed by atoms with Gasteiger partial charge in [-0.25, -0.2) is 54.1 Å². The molecule has 0 saturated heterocycles. The molecule has 0 radical (unpaired) electrons. The SMILES string of the molecule is CC(C)(C)OC(=O)NCCN(CC(=O)NCCN(CC(=O)N[C@@H](CCC(=O)OC1CCCCC1)CN(CC(=O)O)C(=O)Cn1cnc2c(=O)[nH]c(NC(=O)OCc3ccccc3)nc21)C(=O)Cn1cnc2c(NC(=O)OCc3ccccc3)ncnc21)C(=O)Cn1cnc2c(NC(=O)OCc3ccccc3)ncnc21. The zero-order chi connectivity index (χ0) is 78.1. The van der Waals surface area contributed by atoms with Gasteiger partial charge < -0.3 is 73.1 Å². The summed E-state index contributed by atoms with van der Waals surface area (Å²) in [5.41, 5.74) is 0.256. The normalized spacial score (nSPS) is 12.4. The van der Waals surface area contributed by atoms with Crippen LogP contribution in [0, 0.1) is 0 Å². The number of aromatic nitrogens is 12. The maximum absolute atomic E-state index is 14.8. The lowest BCUT2D eigenvalue weighted by Crippen LogP contribution is -2.52. The van der Waals surface area contributed by atoms with Gasteiger partial charge in [0.25, 0.3) is 5.56 Å². The number of amides is 9. The van der Waals surface area contributed by atoms with Crippen molar-refractivity contribution < 1.29 is 81.5 Å². The summed E-state index contributed by atoms with van der Waals surface area (Å²) in [7, 11) is 0. The van der Waals surface area contributed by atoms with Crippen LogP contribution in [0.1, 0.15) is 82.4 Å². The summed E-state index contributed by atoms with van der Waals surface area (Å²) in [5.74, 6) is -6.65. The largest absolute Gasteiger partial charge is 0.480 e. The van der Waals surface area contributed by atoms with Gasteiger partial charge in [0.1, 0.15) is 70.4 Å². The molecule has 10 rings (SSSR count). The third-order valence-electron chi connectivity index (χ3n) is 16.7. The van der Waals surface area contributed by atoms with Crippen LogP contribution < -0.4 is 37.5 Å². The summed E-state index contributed by atoms with van der Waals surface area (Å²) < 4.78 is 31.0. The van der Waals surface area contributed by atoms with E-state index in [9.17, 15) is 62.6 Å². The first-order valence-corrected chi connectivity index (χ1v) is 34.9. The van der Waals surface area contributed by atoms with Crippen molar-refractivity contribution in [1.29, 1.82) is 0 Å². The number of carbonyl (C=O) groups excluding carboxylic acids is 10. The molecular weight excluding hydrogens is 1430 g/mol. The van der Waals surface area contributed by atoms with E-state index in [1.165, 1.54) is 21.8 Å². The van der Waals surface area contributed by atoms with Crippen molar-refractivity contribution in [3.8, 4) is 0 Å². The molecule has 0 aliphatic heterocycles. The van der Waals surface area contributed by atoms with Crippen molar-refractivity contribution in [2.45, 2.75) is 123 Å². The Labute approximate surface area is 626 Å². The maximum atomic E-state index is 14.8. The molecule has 110 heavy (non-hydrogen) atoms. The lowest BCUT2D eigenvalue weighted by atomic mass is 9.98. The number of benzene rings is 3. The van der Waals surface area contributed by atoms with E-state index < -0.39 is 135 Å². The quantitative estimate of drug-likeness (QED) is 0.0205. The van der Waals surface area contributed by atoms with Crippen molar-refractivity contribution in [3.63, 3.8) is 0 Å². The summed E-state index contributed by atoms with van der Waals surface area (Å²) in [5, 5.41) is 25.7. The second-order valence-electron chi connectivity index (χ2n) is 26.2. The van der Waals surface area contributed by atoms with E-state index >= 15 is 0 Å². The van der Waals surface area contributed by atoms with Crippen LogP contribution in [0.2, 0.25) is 0 Å². The molecule has 1 aliphatic rings. The van der Waals surface area contributed by atoms with E-state index in [2.05, 4.69) is 76.8 Å². The molecule has 578 valence electrons. The number of fused-ring (bicyclic) bond motifs is 3. The Morgan fingerprint density at radius 1 is 0.545 bits per heavy atom. The van der Waals surface area contributed by atoms with Gasteiger partial charge in [-0.05, 0) is 69.6 Å². The summed E-state index contributed by atoms with van der Waals surface area (Å²) in [6.07, 6.45) is 5.28. The van der Waals surface area contributed by atoms with E-state index in [1.54, 1.807) is 106 Å². The first kappa shape index (κ1) is 79.1. The molecule has 6 heterocycles. The average Bonchev–Trinajstić information content (AvgIpc) is 1.67. The van der Waals surface area contributed by atoms with E-state index in [-0.39, 0.29) is 109 Å². The fourth-order valence-electron chi connectivity index (χ4n) is 11.4. The highest BCUT2D eigenvalue weighted by atomic mass is 16.6. The zero-order valence-electron chi connectivity index (χ0n) is 60.2. The van der Waals surface area contributed by atoms with Crippen molar-refractivity contribution in [1.82, 2.24) is 89.2 Å². The summed E-state index contributed by atoms with van der Waals surface area (Å²) >= 11 is 0. The Morgan fingerprint density at radius 2 is 1.01 bits per heavy atom. The number of esters is 1. The van der Waals surface area contributed by atoms with Gasteiger partial charge in [-0.15, -0.1) is 0 Å². The number of hydrogen-bond donors (Lipinski definition) is 8. The smallest absolute Gasteiger partial charge is 0.414 e. The molecular formula is C71H81N21O18. The third kappa shape index (κ3) is 23.7. The van der Waals surface area contributed by atoms with Gasteiger partial charge in [-0.1, -0.05) is 97.4 Å². The van der Waals surface area contributed by atoms with E-state index in [0.29, 0.717) is 24.0 Å². The number of anilines is 3. The maximum Gasteiger partial charge on any atom is 0.414 e. The Hall–Kier alpha value is -13.5. The number of carboxylic acids is 1. The number of ether oxygens (including phenoxy) is 5. The van der Waals surface area contributed by atoms with Crippen LogP contribution in [0.25, 0.3) is 33.5 Å². The van der Waals surface area contributed by atoms with Crippen molar-refractivity contribution >= 4 is 117 Å². The zero-order valence-corrected chi connectivity index (χ0v) is 60.2. The molecule has 9 aromatic rings. The summed E-state index contributed by atoms with van der Waals surface area (Å²) in [6.45, 7) is -1.25. The van der Waals surface area contributed by atoms with Crippen LogP contribution in [-0.4, -0.2) is 214 Å². The van der Waals surface area contributed by atoms with Gasteiger partial charge in [0.15, 0.2) is 45.1 Å². The van der Waals surface area contributed by atoms with Crippen molar-refractivity contribution in [2.75, 3.05) is 68.3 Å². The number of carboxylic acid groups (broad SMARTS) is 1. The van der Waals surface area contributed by atoms with Crippen molar-refractivity contribution in [3.05, 3.63) is 150 Å². The molecule has 0 spiro atoms. The topological polar surface area (TPSA) is 487 Å². The van der Waals surface area contributed by atoms with Crippen LogP contribution in [0.3, 0.4) is 0 Å². The first-order chi connectivity index (χ1) is 52.9. The molecule has 39 heteroatoms. The second-order valence-corrected chi connectivity index (χ2v) is 26.2. The second kappa shape index (κ2) is 38.1. The van der Waals surface area contributed by atoms with Gasteiger partial charge in [0.05, 0.1) is 32.1 Å². The number of nitrogens with one attached hydrogen (secondary N) is 7. The molecule has 39 nitrogen and oxygen atoms in total. The predicted octanol–water partition coefficient (Wildman–Crippen LogP) is 4.40. The summed E-state index contributed by atoms with van der Waals surface area (Å²) in [4.78, 5) is 203. The lowest BCUT2D eigenvalue weighted by molar-refractivity contribution is -0.151. The van der Waals surface area contributed by atoms with Gasteiger partial charge >= 0.3 is 36.3 Å². The molecule has 6 aromatic heterocycles. The van der Waals surface area contributed by atoms with Crippen LogP contribution in [-0.2, 0) is 96.7 Å². The molecule has 9 amide bonds. The van der Waals surface area contributed by atoms with Crippen LogP contribution in [0.5, 0.6) is 0 Å². The van der Waals surface area contributed by atoms with E-state index in [4.69, 9.17) is 23.7 Å². The minimum atomic E-state index is -1.48. The first-order valence-electron chi connectivity index (χ1n) is 34.9. The Balaban J connectivity index is 0.868. The molecule has 3 aromatic carbocycles. The highest BCUT2D eigenvalue weighted by Crippen LogP contribution is 2.23. The fourth-order valence-corrected chi connectivity index (χ4v) is 11.4. The number of carbonyl (C=O) groups is 11. The Morgan fingerprint density at radius 3 is 1.51 bits per heavy atom. The van der Waals surface area contributed by atoms with Gasteiger partial charge in [-0.3, -0.25) is 59.3 Å². The van der Waals surface area contributed by atoms with Crippen LogP contribution >= 0.6 is 0 Å². The summed E-state index contributed by atoms with van der Waals surface area (Å²) in [6, 6.07) is 25.3. The monoisotopic (exact) mass is 1520 g/mol. The minimum absolute atomic E-state index is 0.0289. The van der Waals surface area contributed by atoms with Crippen LogP contribution in [0.15, 0.2) is 127 Å². The Bertz CT molecular complexity index is 4810. The number of imidazole rings is 3. The van der Waals surface area contributed by atoms with Crippen LogP contribution in [0.4, 0.5) is 36.8 Å². The lowest BCUT2D eigenvalue weighted by Gasteiger charge is -2.29. The number of aliphatic carboxylic acids is 1. The molecule has 1 fully saturated rings. The number of H-pyrrole nitrogens is 1. The van der Waals surface area contributed by atoms with Gasteiger partial charge in [0, 0.05) is 45.2 Å². The number of nitrogens with zero attached hydrogens (tertiary/aromatic N) is 14. The highest BCUT2D eigenvalue weighted by Gasteiger charge is 2.30. The van der Waals surface area contributed by atoms with Gasteiger partial charge in [-0.2, -0.15) is 4.98 Å². The fraction of sp³-hybridized carbons (Fsp3) is 0.380. The molecule has 0 unspecified atom stereocenters. The number of hydrogen-bond acceptors (Lipinski definition) is 25. The highest BCUT2D eigenvalue weighted by molar-refractivity contribution is 5.95. The molecule has 8 N–H and O–H groups in total. The molecule has 1 saturated carbocycles. The standard InChI is InChI=1S/C71H81N21O18/c1-71(2,3)110-67(102)73-27-29-87(52(95)33-90-42-78-57-60(74-40-76-62(57)90)82-68(103)106-37-45-16-8-4-9-17-45)31-50(93)72-26-28-88(53(96)34-91-43-79-58-61(75-41-77-63(58)91)83-69(104)107-38-46-18-10-5-11-19-46)32-51(94)81-48(24-25-56(100)109-49-22-14-7-15-23-49)30-89(36-55(98)99)54(97)35-92-44-80-59-64(92)84-66(85-65(59)101)86-70(105)108-39-47-20-12-6-13-21-47/h4-6,8-13,16-21,40-44,48-49H,7,14-15,22-39H2,1-3H3,(H,72,93)(H,73,102)(H,81,94)(H,98,99)(H,74,76,82,103)(H,75,77,83,104)(H2,84,85,86,101,105)/t48-/m0/s1. The van der Waals surface area contributed by atoms with E-state index in [0.717, 1.165) is 63.1 Å².